The molecule has 2 heterocycles. The summed E-state index contributed by atoms with van der Waals surface area (Å²) in [5.74, 6) is 2.30. The van der Waals surface area contributed by atoms with Crippen LogP contribution in [0.15, 0.2) is 29.3 Å². The molecule has 0 aromatic heterocycles. The molecule has 7 heteroatoms. The smallest absolute Gasteiger partial charge is 0.193 e. The van der Waals surface area contributed by atoms with Gasteiger partial charge in [-0.1, -0.05) is 25.1 Å². The van der Waals surface area contributed by atoms with Crippen LogP contribution in [-0.2, 0) is 4.74 Å². The molecule has 6 nitrogen and oxygen atoms in total. The lowest BCUT2D eigenvalue weighted by Crippen LogP contribution is -2.47. The van der Waals surface area contributed by atoms with Crippen molar-refractivity contribution in [3.8, 4) is 5.75 Å². The van der Waals surface area contributed by atoms with Gasteiger partial charge in [-0.25, -0.2) is 0 Å². The van der Waals surface area contributed by atoms with Crippen molar-refractivity contribution < 1.29 is 9.47 Å². The van der Waals surface area contributed by atoms with Crippen LogP contribution in [0.4, 0.5) is 0 Å². The van der Waals surface area contributed by atoms with Crippen LogP contribution in [0.25, 0.3) is 0 Å². The standard InChI is InChI=1S/C20H32N4O2.HI/c1-16(18-6-4-5-7-19(18)25-3)14-22-20(21-2)24-9-8-17(15-24)23-10-12-26-13-11-23;/h4-7,16-17H,8-15H2,1-3H3,(H,21,22);1H. The van der Waals surface area contributed by atoms with Crippen molar-refractivity contribution in [3.63, 3.8) is 0 Å². The van der Waals surface area contributed by atoms with Crippen LogP contribution in [0.2, 0.25) is 0 Å². The number of rotatable bonds is 5. The molecule has 0 spiro atoms. The fraction of sp³-hybridized carbons (Fsp3) is 0.650. The largest absolute Gasteiger partial charge is 0.496 e. The molecule has 3 rings (SSSR count). The normalized spacial score (nSPS) is 22.3. The number of para-hydroxylation sites is 1. The zero-order valence-corrected chi connectivity index (χ0v) is 19.0. The van der Waals surface area contributed by atoms with Gasteiger partial charge in [0.05, 0.1) is 20.3 Å². The SMILES string of the molecule is CN=C(NCC(C)c1ccccc1OC)N1CCC(N2CCOCC2)C1.I. The summed E-state index contributed by atoms with van der Waals surface area (Å²) in [6.45, 7) is 8.99. The van der Waals surface area contributed by atoms with E-state index in [1.54, 1.807) is 7.11 Å². The molecule has 2 saturated heterocycles. The van der Waals surface area contributed by atoms with Crippen LogP contribution >= 0.6 is 24.0 Å². The molecule has 2 unspecified atom stereocenters. The Morgan fingerprint density at radius 2 is 2.04 bits per heavy atom. The number of benzene rings is 1. The Balaban J connectivity index is 0.00000261. The van der Waals surface area contributed by atoms with Gasteiger partial charge in [0, 0.05) is 51.7 Å². The highest BCUT2D eigenvalue weighted by molar-refractivity contribution is 14.0. The quantitative estimate of drug-likeness (QED) is 0.392. The average Bonchev–Trinajstić information content (AvgIpc) is 3.19. The summed E-state index contributed by atoms with van der Waals surface area (Å²) in [5.41, 5.74) is 1.23. The number of morpholine rings is 1. The summed E-state index contributed by atoms with van der Waals surface area (Å²) < 4.78 is 11.0. The van der Waals surface area contributed by atoms with Gasteiger partial charge in [-0.2, -0.15) is 0 Å². The van der Waals surface area contributed by atoms with E-state index < -0.39 is 0 Å². The maximum Gasteiger partial charge on any atom is 0.193 e. The lowest BCUT2D eigenvalue weighted by Gasteiger charge is -2.32. The highest BCUT2D eigenvalue weighted by atomic mass is 127. The van der Waals surface area contributed by atoms with E-state index in [1.165, 1.54) is 12.0 Å². The van der Waals surface area contributed by atoms with Crippen molar-refractivity contribution in [3.05, 3.63) is 29.8 Å². The first-order valence-corrected chi connectivity index (χ1v) is 9.63. The molecule has 2 fully saturated rings. The molecule has 2 aliphatic rings. The maximum absolute atomic E-state index is 5.50. The Morgan fingerprint density at radius 3 is 2.74 bits per heavy atom. The maximum atomic E-state index is 5.50. The number of likely N-dealkylation sites (tertiary alicyclic amines) is 1. The summed E-state index contributed by atoms with van der Waals surface area (Å²) >= 11 is 0. The van der Waals surface area contributed by atoms with Gasteiger partial charge in [-0.15, -0.1) is 24.0 Å². The monoisotopic (exact) mass is 488 g/mol. The van der Waals surface area contributed by atoms with Crippen LogP contribution in [0.5, 0.6) is 5.75 Å². The molecule has 152 valence electrons. The van der Waals surface area contributed by atoms with Gasteiger partial charge in [0.2, 0.25) is 0 Å². The highest BCUT2D eigenvalue weighted by Gasteiger charge is 2.30. The Kier molecular flexibility index (Phi) is 9.11. The van der Waals surface area contributed by atoms with Gasteiger partial charge in [0.1, 0.15) is 5.75 Å². The summed E-state index contributed by atoms with van der Waals surface area (Å²) in [4.78, 5) is 9.46. The number of nitrogens with one attached hydrogen (secondary N) is 1. The van der Waals surface area contributed by atoms with Crippen molar-refractivity contribution >= 4 is 29.9 Å². The van der Waals surface area contributed by atoms with Gasteiger partial charge < -0.3 is 19.7 Å². The van der Waals surface area contributed by atoms with Gasteiger partial charge in [0.15, 0.2) is 5.96 Å². The molecule has 2 aliphatic heterocycles. The van der Waals surface area contributed by atoms with Crippen LogP contribution in [0.1, 0.15) is 24.8 Å². The van der Waals surface area contributed by atoms with E-state index in [1.807, 2.05) is 19.2 Å². The van der Waals surface area contributed by atoms with E-state index in [0.29, 0.717) is 12.0 Å². The summed E-state index contributed by atoms with van der Waals surface area (Å²) in [6, 6.07) is 8.85. The van der Waals surface area contributed by atoms with E-state index >= 15 is 0 Å². The Morgan fingerprint density at radius 1 is 1.30 bits per heavy atom. The van der Waals surface area contributed by atoms with Crippen molar-refractivity contribution in [1.82, 2.24) is 15.1 Å². The van der Waals surface area contributed by atoms with Crippen molar-refractivity contribution in [1.29, 1.82) is 0 Å². The zero-order chi connectivity index (χ0) is 18.4. The van der Waals surface area contributed by atoms with Crippen LogP contribution in [0, 0.1) is 0 Å². The number of nitrogens with zero attached hydrogens (tertiary/aromatic N) is 3. The van der Waals surface area contributed by atoms with Crippen molar-refractivity contribution in [2.75, 3.05) is 60.1 Å². The Labute approximate surface area is 180 Å². The van der Waals surface area contributed by atoms with Crippen molar-refractivity contribution in [2.45, 2.75) is 25.3 Å². The number of hydrogen-bond donors (Lipinski definition) is 1. The summed E-state index contributed by atoms with van der Waals surface area (Å²) in [5, 5.41) is 3.56. The molecule has 1 aromatic carbocycles. The van der Waals surface area contributed by atoms with E-state index in [4.69, 9.17) is 9.47 Å². The first kappa shape index (κ1) is 22.2. The second-order valence-electron chi connectivity index (χ2n) is 7.11. The first-order valence-electron chi connectivity index (χ1n) is 9.63. The van der Waals surface area contributed by atoms with Crippen molar-refractivity contribution in [2.24, 2.45) is 4.99 Å². The molecule has 0 bridgehead atoms. The zero-order valence-electron chi connectivity index (χ0n) is 16.7. The van der Waals surface area contributed by atoms with Gasteiger partial charge in [-0.3, -0.25) is 9.89 Å². The Bertz CT molecular complexity index is 607. The van der Waals surface area contributed by atoms with E-state index in [-0.39, 0.29) is 24.0 Å². The van der Waals surface area contributed by atoms with Gasteiger partial charge in [-0.05, 0) is 18.1 Å². The molecule has 1 N–H and O–H groups in total. The third-order valence-corrected chi connectivity index (χ3v) is 5.47. The minimum absolute atomic E-state index is 0. The van der Waals surface area contributed by atoms with Gasteiger partial charge >= 0.3 is 0 Å². The fourth-order valence-electron chi connectivity index (χ4n) is 3.94. The van der Waals surface area contributed by atoms with Crippen LogP contribution in [0.3, 0.4) is 0 Å². The third kappa shape index (κ3) is 5.71. The molecule has 27 heavy (non-hydrogen) atoms. The summed E-state index contributed by atoms with van der Waals surface area (Å²) in [7, 11) is 3.60. The second-order valence-corrected chi connectivity index (χ2v) is 7.11. The minimum atomic E-state index is 0. The number of ether oxygens (including phenoxy) is 2. The van der Waals surface area contributed by atoms with E-state index in [0.717, 1.165) is 57.6 Å². The first-order chi connectivity index (χ1) is 12.7. The number of halogens is 1. The van der Waals surface area contributed by atoms with Crippen LogP contribution in [-0.4, -0.2) is 81.9 Å². The topological polar surface area (TPSA) is 49.3 Å². The predicted octanol–water partition coefficient (Wildman–Crippen LogP) is 2.40. The minimum Gasteiger partial charge on any atom is -0.496 e. The second kappa shape index (κ2) is 11.1. The molecular formula is C20H33IN4O2. The number of guanidine groups is 1. The lowest BCUT2D eigenvalue weighted by molar-refractivity contribution is 0.0195. The molecule has 1 aromatic rings. The highest BCUT2D eigenvalue weighted by Crippen LogP contribution is 2.25. The molecule has 2 atom stereocenters. The van der Waals surface area contributed by atoms with E-state index in [9.17, 15) is 0 Å². The molecular weight excluding hydrogens is 455 g/mol. The molecule has 0 saturated carbocycles. The van der Waals surface area contributed by atoms with Gasteiger partial charge in [0.25, 0.3) is 0 Å². The number of aliphatic imine (C=N–C) groups is 1. The summed E-state index contributed by atoms with van der Waals surface area (Å²) in [6.07, 6.45) is 1.20. The fourth-order valence-corrected chi connectivity index (χ4v) is 3.94. The Hall–Kier alpha value is -1.06. The third-order valence-electron chi connectivity index (χ3n) is 5.47. The predicted molar refractivity (Wildman–Crippen MR) is 121 cm³/mol. The lowest BCUT2D eigenvalue weighted by atomic mass is 10.0. The molecule has 0 aliphatic carbocycles. The van der Waals surface area contributed by atoms with E-state index in [2.05, 4.69) is 39.2 Å². The molecule has 0 radical (unpaired) electrons. The number of hydrogen-bond acceptors (Lipinski definition) is 4. The number of methoxy groups -OCH3 is 1. The average molecular weight is 488 g/mol. The molecule has 0 amide bonds. The van der Waals surface area contributed by atoms with Crippen LogP contribution < -0.4 is 10.1 Å².